The van der Waals surface area contributed by atoms with Gasteiger partial charge in [-0.05, 0) is 30.3 Å². The highest BCUT2D eigenvalue weighted by molar-refractivity contribution is 6.05. The van der Waals surface area contributed by atoms with Gasteiger partial charge in [-0.1, -0.05) is 32.9 Å². The molecule has 4 nitrogen and oxygen atoms in total. The number of benzene rings is 2. The lowest BCUT2D eigenvalue weighted by atomic mass is 9.96. The van der Waals surface area contributed by atoms with Crippen molar-refractivity contribution in [3.8, 4) is 0 Å². The van der Waals surface area contributed by atoms with Crippen molar-refractivity contribution in [1.82, 2.24) is 9.97 Å². The Bertz CT molecular complexity index is 877. The van der Waals surface area contributed by atoms with Crippen LogP contribution >= 0.6 is 0 Å². The molecule has 23 heavy (non-hydrogen) atoms. The number of rotatable bonds is 2. The number of hydrogen-bond acceptors (Lipinski definition) is 2. The van der Waals surface area contributed by atoms with Crippen molar-refractivity contribution in [2.45, 2.75) is 26.2 Å². The van der Waals surface area contributed by atoms with Crippen LogP contribution in [-0.4, -0.2) is 15.9 Å². The van der Waals surface area contributed by atoms with Gasteiger partial charge in [0.05, 0.1) is 16.6 Å². The number of aromatic nitrogens is 2. The van der Waals surface area contributed by atoms with Crippen molar-refractivity contribution >= 4 is 22.6 Å². The number of anilines is 1. The molecular weight excluding hydrogens is 293 g/mol. The highest BCUT2D eigenvalue weighted by Crippen LogP contribution is 2.24. The maximum atomic E-state index is 13.7. The number of nitrogens with zero attached hydrogens (tertiary/aromatic N) is 1. The summed E-state index contributed by atoms with van der Waals surface area (Å²) >= 11 is 0. The van der Waals surface area contributed by atoms with Crippen LogP contribution in [0.3, 0.4) is 0 Å². The van der Waals surface area contributed by atoms with E-state index in [4.69, 9.17) is 0 Å². The fraction of sp³-hybridized carbons (Fsp3) is 0.222. The number of H-pyrrole nitrogens is 1. The summed E-state index contributed by atoms with van der Waals surface area (Å²) in [4.78, 5) is 20.0. The summed E-state index contributed by atoms with van der Waals surface area (Å²) in [7, 11) is 0. The highest BCUT2D eigenvalue weighted by Gasteiger charge is 2.18. The Morgan fingerprint density at radius 1 is 1.17 bits per heavy atom. The molecule has 0 unspecified atom stereocenters. The summed E-state index contributed by atoms with van der Waals surface area (Å²) in [6.07, 6.45) is 0. The summed E-state index contributed by atoms with van der Waals surface area (Å²) in [6, 6.07) is 11.3. The predicted octanol–water partition coefficient (Wildman–Crippen LogP) is 4.25. The van der Waals surface area contributed by atoms with E-state index >= 15 is 0 Å². The zero-order valence-electron chi connectivity index (χ0n) is 13.3. The Hall–Kier alpha value is -2.69. The van der Waals surface area contributed by atoms with Gasteiger partial charge in [-0.25, -0.2) is 9.37 Å². The van der Waals surface area contributed by atoms with E-state index in [1.165, 1.54) is 12.1 Å². The molecule has 0 aliphatic carbocycles. The van der Waals surface area contributed by atoms with Crippen molar-refractivity contribution in [3.63, 3.8) is 0 Å². The first kappa shape index (κ1) is 15.2. The average Bonchev–Trinajstić information content (AvgIpc) is 2.91. The molecule has 3 aromatic rings. The maximum absolute atomic E-state index is 13.7. The first-order chi connectivity index (χ1) is 10.8. The van der Waals surface area contributed by atoms with Gasteiger partial charge in [-0.3, -0.25) is 4.79 Å². The van der Waals surface area contributed by atoms with Crippen molar-refractivity contribution in [2.24, 2.45) is 0 Å². The van der Waals surface area contributed by atoms with Crippen molar-refractivity contribution < 1.29 is 9.18 Å². The Balaban J connectivity index is 1.89. The number of aromatic amines is 1. The number of imidazole rings is 1. The van der Waals surface area contributed by atoms with E-state index in [0.29, 0.717) is 5.69 Å². The van der Waals surface area contributed by atoms with E-state index in [1.807, 2.05) is 6.07 Å². The molecule has 1 amide bonds. The van der Waals surface area contributed by atoms with Gasteiger partial charge in [0, 0.05) is 11.1 Å². The average molecular weight is 311 g/mol. The van der Waals surface area contributed by atoms with E-state index in [-0.39, 0.29) is 11.0 Å². The molecule has 0 aliphatic heterocycles. The van der Waals surface area contributed by atoms with Crippen molar-refractivity contribution in [3.05, 3.63) is 59.7 Å². The van der Waals surface area contributed by atoms with Gasteiger partial charge >= 0.3 is 0 Å². The molecule has 0 radical (unpaired) electrons. The van der Waals surface area contributed by atoms with E-state index in [1.54, 1.807) is 24.3 Å². The van der Waals surface area contributed by atoms with Crippen LogP contribution in [0, 0.1) is 5.82 Å². The monoisotopic (exact) mass is 311 g/mol. The smallest absolute Gasteiger partial charge is 0.258 e. The zero-order chi connectivity index (χ0) is 16.6. The molecule has 0 spiro atoms. The number of carbonyl (C=O) groups excluding carboxylic acids is 1. The second-order valence-electron chi connectivity index (χ2n) is 6.50. The Morgan fingerprint density at radius 3 is 2.61 bits per heavy atom. The Kier molecular flexibility index (Phi) is 3.64. The van der Waals surface area contributed by atoms with Crippen LogP contribution in [0.2, 0.25) is 0 Å². The predicted molar refractivity (Wildman–Crippen MR) is 89.1 cm³/mol. The largest absolute Gasteiger partial charge is 0.341 e. The first-order valence-electron chi connectivity index (χ1n) is 7.41. The van der Waals surface area contributed by atoms with Crippen LogP contribution in [0.5, 0.6) is 0 Å². The van der Waals surface area contributed by atoms with Crippen LogP contribution in [0.4, 0.5) is 10.1 Å². The van der Waals surface area contributed by atoms with Crippen LogP contribution in [-0.2, 0) is 5.41 Å². The lowest BCUT2D eigenvalue weighted by Crippen LogP contribution is -2.13. The van der Waals surface area contributed by atoms with E-state index in [9.17, 15) is 9.18 Å². The summed E-state index contributed by atoms with van der Waals surface area (Å²) in [6.45, 7) is 6.22. The molecule has 0 bridgehead atoms. The highest BCUT2D eigenvalue weighted by atomic mass is 19.1. The molecule has 0 aliphatic rings. The minimum atomic E-state index is -0.539. The van der Waals surface area contributed by atoms with Crippen LogP contribution in [0.25, 0.3) is 11.0 Å². The van der Waals surface area contributed by atoms with E-state index < -0.39 is 11.7 Å². The van der Waals surface area contributed by atoms with Gasteiger partial charge in [-0.15, -0.1) is 0 Å². The lowest BCUT2D eigenvalue weighted by molar-refractivity contribution is 0.102. The third-order valence-electron chi connectivity index (χ3n) is 3.57. The third kappa shape index (κ3) is 3.08. The molecule has 0 fully saturated rings. The van der Waals surface area contributed by atoms with Crippen molar-refractivity contribution in [2.75, 3.05) is 5.32 Å². The molecule has 5 heteroatoms. The molecule has 0 atom stereocenters. The molecule has 1 heterocycles. The molecule has 0 saturated heterocycles. The first-order valence-corrected chi connectivity index (χ1v) is 7.41. The van der Waals surface area contributed by atoms with Crippen LogP contribution in [0.1, 0.15) is 37.0 Å². The van der Waals surface area contributed by atoms with Gasteiger partial charge in [-0.2, -0.15) is 0 Å². The van der Waals surface area contributed by atoms with E-state index in [0.717, 1.165) is 16.9 Å². The van der Waals surface area contributed by atoms with Gasteiger partial charge in [0.2, 0.25) is 0 Å². The normalized spacial score (nSPS) is 11.7. The van der Waals surface area contributed by atoms with Gasteiger partial charge < -0.3 is 10.3 Å². The second kappa shape index (κ2) is 5.50. The van der Waals surface area contributed by atoms with E-state index in [2.05, 4.69) is 36.1 Å². The molecule has 118 valence electrons. The topological polar surface area (TPSA) is 57.8 Å². The second-order valence-corrected chi connectivity index (χ2v) is 6.50. The Morgan fingerprint density at radius 2 is 1.91 bits per heavy atom. The van der Waals surface area contributed by atoms with Crippen LogP contribution < -0.4 is 5.32 Å². The van der Waals surface area contributed by atoms with Gasteiger partial charge in [0.15, 0.2) is 0 Å². The fourth-order valence-corrected chi connectivity index (χ4v) is 2.29. The SMILES string of the molecule is CC(C)(C)c1nc2ccc(NC(=O)c3ccccc3F)cc2[nH]1. The summed E-state index contributed by atoms with van der Waals surface area (Å²) in [5, 5.41) is 2.71. The fourth-order valence-electron chi connectivity index (χ4n) is 2.29. The minimum absolute atomic E-state index is 0.0209. The molecule has 2 aromatic carbocycles. The number of halogens is 1. The number of hydrogen-bond donors (Lipinski definition) is 2. The quantitative estimate of drug-likeness (QED) is 0.743. The van der Waals surface area contributed by atoms with Gasteiger partial charge in [0.25, 0.3) is 5.91 Å². The summed E-state index contributed by atoms with van der Waals surface area (Å²) in [5.41, 5.74) is 2.19. The molecule has 0 saturated carbocycles. The van der Waals surface area contributed by atoms with Crippen LogP contribution in [0.15, 0.2) is 42.5 Å². The molecule has 3 rings (SSSR count). The number of carbonyl (C=O) groups is 1. The summed E-state index contributed by atoms with van der Waals surface area (Å²) in [5.74, 6) is -0.134. The lowest BCUT2D eigenvalue weighted by Gasteiger charge is -2.13. The Labute approximate surface area is 133 Å². The standard InChI is InChI=1S/C18H18FN3O/c1-18(2,3)17-21-14-9-8-11(10-15(14)22-17)20-16(23)12-6-4-5-7-13(12)19/h4-10H,1-3H3,(H,20,23)(H,21,22). The molecular formula is C18H18FN3O. The number of nitrogens with one attached hydrogen (secondary N) is 2. The number of amides is 1. The molecule has 1 aromatic heterocycles. The zero-order valence-corrected chi connectivity index (χ0v) is 13.3. The third-order valence-corrected chi connectivity index (χ3v) is 3.57. The molecule has 2 N–H and O–H groups in total. The minimum Gasteiger partial charge on any atom is -0.341 e. The summed E-state index contributed by atoms with van der Waals surface area (Å²) < 4.78 is 13.7. The number of fused-ring (bicyclic) bond motifs is 1. The maximum Gasteiger partial charge on any atom is 0.258 e. The van der Waals surface area contributed by atoms with Crippen molar-refractivity contribution in [1.29, 1.82) is 0 Å². The van der Waals surface area contributed by atoms with Gasteiger partial charge in [0.1, 0.15) is 11.6 Å².